The van der Waals surface area contributed by atoms with Gasteiger partial charge in [0.2, 0.25) is 0 Å². The molecule has 0 atom stereocenters. The fourth-order valence-corrected chi connectivity index (χ4v) is 4.20. The summed E-state index contributed by atoms with van der Waals surface area (Å²) >= 11 is 0. The summed E-state index contributed by atoms with van der Waals surface area (Å²) in [5.74, 6) is -0.475. The Bertz CT molecular complexity index is 1480. The number of benzene rings is 1. The van der Waals surface area contributed by atoms with Crippen molar-refractivity contribution in [1.82, 2.24) is 15.0 Å². The van der Waals surface area contributed by atoms with Crippen molar-refractivity contribution < 1.29 is 13.5 Å². The van der Waals surface area contributed by atoms with Crippen molar-refractivity contribution in [3.8, 4) is 17.5 Å². The number of ether oxygens (including phenoxy) is 1. The summed E-state index contributed by atoms with van der Waals surface area (Å²) in [5, 5.41) is 12.9. The molecule has 1 aliphatic rings. The van der Waals surface area contributed by atoms with Crippen LogP contribution >= 0.6 is 0 Å². The van der Waals surface area contributed by atoms with Crippen LogP contribution in [0.1, 0.15) is 16.7 Å². The highest BCUT2D eigenvalue weighted by Gasteiger charge is 2.20. The van der Waals surface area contributed by atoms with Gasteiger partial charge < -0.3 is 15.0 Å². The van der Waals surface area contributed by atoms with Gasteiger partial charge in [-0.3, -0.25) is 4.98 Å². The van der Waals surface area contributed by atoms with Gasteiger partial charge in [-0.15, -0.1) is 0 Å². The monoisotopic (exact) mass is 472 g/mol. The van der Waals surface area contributed by atoms with E-state index in [1.165, 1.54) is 6.07 Å². The normalized spacial score (nSPS) is 13.6. The molecule has 3 aromatic heterocycles. The molecule has 9 heteroatoms. The Hall–Kier alpha value is -4.16. The molecule has 35 heavy (non-hydrogen) atoms. The lowest BCUT2D eigenvalue weighted by atomic mass is 10.0. The van der Waals surface area contributed by atoms with E-state index >= 15 is 4.39 Å². The molecule has 1 N–H and O–H groups in total. The van der Waals surface area contributed by atoms with Crippen LogP contribution in [0.4, 0.5) is 26.1 Å². The van der Waals surface area contributed by atoms with Crippen molar-refractivity contribution >= 4 is 28.2 Å². The van der Waals surface area contributed by atoms with Crippen LogP contribution in [-0.4, -0.2) is 41.3 Å². The average molecular weight is 472 g/mol. The van der Waals surface area contributed by atoms with Crippen LogP contribution in [0.25, 0.3) is 22.3 Å². The average Bonchev–Trinajstić information content (AvgIpc) is 2.85. The Kier molecular flexibility index (Phi) is 5.97. The topological polar surface area (TPSA) is 87.0 Å². The number of aromatic nitrogens is 3. The Morgan fingerprint density at radius 1 is 1.06 bits per heavy atom. The number of morpholine rings is 1. The minimum atomic E-state index is -0.744. The van der Waals surface area contributed by atoms with E-state index in [1.807, 2.05) is 24.0 Å². The third-order valence-electron chi connectivity index (χ3n) is 5.93. The zero-order valence-electron chi connectivity index (χ0n) is 19.3. The van der Waals surface area contributed by atoms with Gasteiger partial charge in [0.05, 0.1) is 52.8 Å². The highest BCUT2D eigenvalue weighted by atomic mass is 19.1. The second kappa shape index (κ2) is 9.24. The first kappa shape index (κ1) is 22.6. The van der Waals surface area contributed by atoms with E-state index in [2.05, 4.69) is 26.3 Å². The van der Waals surface area contributed by atoms with Crippen LogP contribution in [0.2, 0.25) is 0 Å². The summed E-state index contributed by atoms with van der Waals surface area (Å²) in [6.07, 6.45) is 1.67. The second-order valence-corrected chi connectivity index (χ2v) is 8.40. The van der Waals surface area contributed by atoms with Crippen LogP contribution in [-0.2, 0) is 4.74 Å². The highest BCUT2D eigenvalue weighted by molar-refractivity contribution is 5.98. The molecule has 0 radical (unpaired) electrons. The summed E-state index contributed by atoms with van der Waals surface area (Å²) in [5.41, 5.74) is 3.64. The zero-order valence-corrected chi connectivity index (χ0v) is 19.3. The van der Waals surface area contributed by atoms with Crippen molar-refractivity contribution in [2.45, 2.75) is 13.8 Å². The lowest BCUT2D eigenvalue weighted by Gasteiger charge is -2.28. The number of nitrogens with one attached hydrogen (secondary N) is 1. The van der Waals surface area contributed by atoms with Crippen molar-refractivity contribution in [3.05, 3.63) is 70.9 Å². The maximum Gasteiger partial charge on any atom is 0.137 e. The summed E-state index contributed by atoms with van der Waals surface area (Å²) in [6, 6.07) is 11.2. The predicted octanol–water partition coefficient (Wildman–Crippen LogP) is 5.04. The predicted molar refractivity (Wildman–Crippen MR) is 130 cm³/mol. The molecule has 0 amide bonds. The molecule has 1 saturated heterocycles. The Balaban J connectivity index is 1.69. The Morgan fingerprint density at radius 2 is 1.86 bits per heavy atom. The molecule has 4 heterocycles. The van der Waals surface area contributed by atoms with Crippen molar-refractivity contribution in [1.29, 1.82) is 5.26 Å². The van der Waals surface area contributed by atoms with Crippen LogP contribution in [0, 0.1) is 36.8 Å². The molecular formula is C26H22F2N6O. The summed E-state index contributed by atoms with van der Waals surface area (Å²) < 4.78 is 34.6. The van der Waals surface area contributed by atoms with E-state index in [-0.39, 0.29) is 10.9 Å². The molecule has 0 saturated carbocycles. The smallest absolute Gasteiger partial charge is 0.137 e. The van der Waals surface area contributed by atoms with Gasteiger partial charge in [0, 0.05) is 37.0 Å². The first-order chi connectivity index (χ1) is 16.9. The van der Waals surface area contributed by atoms with Gasteiger partial charge in [-0.2, -0.15) is 5.26 Å². The van der Waals surface area contributed by atoms with E-state index in [1.54, 1.807) is 25.3 Å². The van der Waals surface area contributed by atoms with Crippen LogP contribution in [0.15, 0.2) is 42.6 Å². The van der Waals surface area contributed by atoms with E-state index in [4.69, 9.17) is 4.74 Å². The first-order valence-corrected chi connectivity index (χ1v) is 11.2. The number of hydrogen-bond donors (Lipinski definition) is 1. The Labute approximate surface area is 201 Å². The molecule has 1 aromatic carbocycles. The number of halogens is 2. The van der Waals surface area contributed by atoms with Crippen molar-refractivity contribution in [2.24, 2.45) is 0 Å². The molecule has 0 spiro atoms. The quantitative estimate of drug-likeness (QED) is 0.445. The molecule has 1 fully saturated rings. The Morgan fingerprint density at radius 3 is 2.60 bits per heavy atom. The molecule has 176 valence electrons. The summed E-state index contributed by atoms with van der Waals surface area (Å²) in [7, 11) is 0. The second-order valence-electron chi connectivity index (χ2n) is 8.40. The summed E-state index contributed by atoms with van der Waals surface area (Å²) in [6.45, 7) is 6.17. The molecule has 1 aliphatic heterocycles. The molecule has 0 aliphatic carbocycles. The third-order valence-corrected chi connectivity index (χ3v) is 5.93. The van der Waals surface area contributed by atoms with Crippen LogP contribution < -0.4 is 10.2 Å². The van der Waals surface area contributed by atoms with Gasteiger partial charge in [0.1, 0.15) is 23.3 Å². The van der Waals surface area contributed by atoms with Gasteiger partial charge in [-0.05, 0) is 43.7 Å². The molecule has 4 aromatic rings. The minimum absolute atomic E-state index is 0.136. The van der Waals surface area contributed by atoms with E-state index in [9.17, 15) is 9.65 Å². The van der Waals surface area contributed by atoms with Crippen LogP contribution in [0.5, 0.6) is 0 Å². The molecular weight excluding hydrogens is 450 g/mol. The lowest BCUT2D eigenvalue weighted by Crippen LogP contribution is -2.36. The fraction of sp³-hybridized carbons (Fsp3) is 0.231. The van der Waals surface area contributed by atoms with Crippen molar-refractivity contribution in [2.75, 3.05) is 36.5 Å². The number of aryl methyl sites for hydroxylation is 1. The number of anilines is 3. The SMILES string of the molecule is Cc1ccnc(-c2nc3cc(F)cc(F)c3c(Nc3cc(C#N)cc(N4CCOCC4)n3)c2C)c1. The highest BCUT2D eigenvalue weighted by Crippen LogP contribution is 2.36. The lowest BCUT2D eigenvalue weighted by molar-refractivity contribution is 0.122. The van der Waals surface area contributed by atoms with Gasteiger partial charge in [-0.1, -0.05) is 0 Å². The van der Waals surface area contributed by atoms with Crippen LogP contribution in [0.3, 0.4) is 0 Å². The summed E-state index contributed by atoms with van der Waals surface area (Å²) in [4.78, 5) is 15.7. The number of pyridine rings is 3. The van der Waals surface area contributed by atoms with Gasteiger partial charge >= 0.3 is 0 Å². The third kappa shape index (κ3) is 4.48. The standard InChI is InChI=1S/C26H22F2N6O/c1-15-3-4-30-21(9-15)25-16(2)26(24-19(28)12-18(27)13-20(24)31-25)33-22-10-17(14-29)11-23(32-22)34-5-7-35-8-6-34/h3-4,9-13H,5-8H2,1-2H3,(H,31,32,33). The number of nitriles is 1. The maximum atomic E-state index is 15.1. The number of fused-ring (bicyclic) bond motifs is 1. The number of hydrogen-bond acceptors (Lipinski definition) is 7. The van der Waals surface area contributed by atoms with Gasteiger partial charge in [0.25, 0.3) is 0 Å². The maximum absolute atomic E-state index is 15.1. The van der Waals surface area contributed by atoms with E-state index in [0.717, 1.165) is 11.6 Å². The first-order valence-electron chi connectivity index (χ1n) is 11.2. The molecule has 0 unspecified atom stereocenters. The van der Waals surface area contributed by atoms with Gasteiger partial charge in [-0.25, -0.2) is 18.7 Å². The molecule has 0 bridgehead atoms. The fourth-order valence-electron chi connectivity index (χ4n) is 4.20. The van der Waals surface area contributed by atoms with E-state index in [0.29, 0.717) is 66.1 Å². The van der Waals surface area contributed by atoms with E-state index < -0.39 is 11.6 Å². The largest absolute Gasteiger partial charge is 0.378 e. The minimum Gasteiger partial charge on any atom is -0.378 e. The number of nitrogens with zero attached hydrogens (tertiary/aromatic N) is 5. The zero-order chi connectivity index (χ0) is 24.5. The number of rotatable bonds is 4. The van der Waals surface area contributed by atoms with Crippen molar-refractivity contribution in [3.63, 3.8) is 0 Å². The van der Waals surface area contributed by atoms with Gasteiger partial charge in [0.15, 0.2) is 0 Å². The molecule has 7 nitrogen and oxygen atoms in total. The molecule has 5 rings (SSSR count).